The monoisotopic (exact) mass is 701 g/mol. The van der Waals surface area contributed by atoms with Crippen LogP contribution in [0.1, 0.15) is 0 Å². The maximum absolute atomic E-state index is 6.62. The van der Waals surface area contributed by atoms with E-state index in [2.05, 4.69) is 146 Å². The highest BCUT2D eigenvalue weighted by Crippen LogP contribution is 2.41. The van der Waals surface area contributed by atoms with Crippen LogP contribution in [0.25, 0.3) is 111 Å². The molecule has 3 aromatic heterocycles. The van der Waals surface area contributed by atoms with Gasteiger partial charge in [-0.1, -0.05) is 152 Å². The molecule has 0 saturated heterocycles. The van der Waals surface area contributed by atoms with Crippen LogP contribution < -0.4 is 0 Å². The summed E-state index contributed by atoms with van der Waals surface area (Å²) in [6.45, 7) is 0. The normalized spacial score (nSPS) is 11.6. The molecule has 55 heavy (non-hydrogen) atoms. The summed E-state index contributed by atoms with van der Waals surface area (Å²) in [4.78, 5) is 15.4. The average molecular weight is 702 g/mol. The molecule has 0 spiro atoms. The number of hydrogen-bond donors (Lipinski definition) is 0. The second-order valence-corrected chi connectivity index (χ2v) is 14.0. The number of benzene rings is 8. The van der Waals surface area contributed by atoms with Gasteiger partial charge in [0.15, 0.2) is 11.4 Å². The van der Waals surface area contributed by atoms with Crippen molar-refractivity contribution in [3.63, 3.8) is 0 Å². The zero-order chi connectivity index (χ0) is 36.3. The molecule has 0 N–H and O–H groups in total. The second-order valence-electron chi connectivity index (χ2n) is 14.0. The van der Waals surface area contributed by atoms with E-state index in [0.717, 1.165) is 77.7 Å². The molecule has 8 aromatic carbocycles. The Labute approximate surface area is 317 Å². The maximum Gasteiger partial charge on any atom is 0.162 e. The third-order valence-electron chi connectivity index (χ3n) is 10.7. The van der Waals surface area contributed by atoms with E-state index in [1.807, 2.05) is 42.5 Å². The predicted molar refractivity (Wildman–Crippen MR) is 227 cm³/mol. The molecule has 0 atom stereocenters. The molecule has 0 bridgehead atoms. The van der Waals surface area contributed by atoms with E-state index in [-0.39, 0.29) is 0 Å². The Morgan fingerprint density at radius 1 is 0.345 bits per heavy atom. The lowest BCUT2D eigenvalue weighted by atomic mass is 9.96. The van der Waals surface area contributed by atoms with Gasteiger partial charge in [0.1, 0.15) is 11.3 Å². The number of para-hydroxylation sites is 1. The SMILES string of the molecule is c1ccc(-c2nc(-c3ccc(-c4ccc5c(ccc6ccccc65)c4)cc3)cc(-c3ccc4oc5c(-c6ccccc6)nc6ccccc6c5c4c3)n2)cc1. The molecule has 4 heteroatoms. The quantitative estimate of drug-likeness (QED) is 0.168. The van der Waals surface area contributed by atoms with E-state index in [4.69, 9.17) is 19.4 Å². The number of aromatic nitrogens is 3. The number of hydrogen-bond acceptors (Lipinski definition) is 4. The molecule has 0 amide bonds. The molecule has 0 radical (unpaired) electrons. The minimum Gasteiger partial charge on any atom is -0.454 e. The van der Waals surface area contributed by atoms with Gasteiger partial charge in [0, 0.05) is 38.4 Å². The summed E-state index contributed by atoms with van der Waals surface area (Å²) < 4.78 is 6.62. The molecule has 0 aliphatic heterocycles. The van der Waals surface area contributed by atoms with Gasteiger partial charge >= 0.3 is 0 Å². The summed E-state index contributed by atoms with van der Waals surface area (Å²) >= 11 is 0. The minimum absolute atomic E-state index is 0.678. The van der Waals surface area contributed by atoms with Crippen LogP contribution in [0.15, 0.2) is 192 Å². The number of rotatable bonds is 5. The summed E-state index contributed by atoms with van der Waals surface area (Å²) in [7, 11) is 0. The number of fused-ring (bicyclic) bond motifs is 8. The number of furan rings is 1. The second kappa shape index (κ2) is 12.6. The highest BCUT2D eigenvalue weighted by Gasteiger charge is 2.19. The number of nitrogens with zero attached hydrogens (tertiary/aromatic N) is 3. The fourth-order valence-electron chi connectivity index (χ4n) is 7.92. The van der Waals surface area contributed by atoms with Crippen LogP contribution >= 0.6 is 0 Å². The lowest BCUT2D eigenvalue weighted by molar-refractivity contribution is 0.669. The molecule has 3 heterocycles. The summed E-state index contributed by atoms with van der Waals surface area (Å²) in [5, 5.41) is 8.17. The van der Waals surface area contributed by atoms with Crippen molar-refractivity contribution >= 4 is 54.4 Å². The van der Waals surface area contributed by atoms with E-state index < -0.39 is 0 Å². The first kappa shape index (κ1) is 31.1. The van der Waals surface area contributed by atoms with Crippen molar-refractivity contribution in [2.75, 3.05) is 0 Å². The fraction of sp³-hybridized carbons (Fsp3) is 0. The first-order valence-electron chi connectivity index (χ1n) is 18.5. The van der Waals surface area contributed by atoms with Gasteiger partial charge in [-0.05, 0) is 69.1 Å². The maximum atomic E-state index is 6.62. The fourth-order valence-corrected chi connectivity index (χ4v) is 7.92. The Balaban J connectivity index is 1.04. The Bertz CT molecular complexity index is 3240. The molecule has 0 aliphatic carbocycles. The van der Waals surface area contributed by atoms with Gasteiger partial charge in [-0.25, -0.2) is 15.0 Å². The van der Waals surface area contributed by atoms with E-state index in [9.17, 15) is 0 Å². The van der Waals surface area contributed by atoms with E-state index in [1.54, 1.807) is 0 Å². The Hall–Kier alpha value is -7.43. The van der Waals surface area contributed by atoms with Crippen molar-refractivity contribution in [1.29, 1.82) is 0 Å². The van der Waals surface area contributed by atoms with Crippen LogP contribution in [-0.4, -0.2) is 15.0 Å². The van der Waals surface area contributed by atoms with E-state index in [0.29, 0.717) is 5.82 Å². The summed E-state index contributed by atoms with van der Waals surface area (Å²) in [6.07, 6.45) is 0. The van der Waals surface area contributed by atoms with Crippen LogP contribution in [0.3, 0.4) is 0 Å². The Kier molecular flexibility index (Phi) is 7.14. The van der Waals surface area contributed by atoms with E-state index in [1.165, 1.54) is 27.1 Å². The number of pyridine rings is 1. The smallest absolute Gasteiger partial charge is 0.162 e. The standard InChI is InChI=1S/C51H31N3O/c1-3-12-35(13-4-1)49-50-48(42-17-9-10-18-44(42)52-49)43-30-39(26-28-47(43)55-50)46-31-45(53-51(54-46)36-14-5-2-6-15-36)34-22-19-32(20-23-34)37-25-27-41-38(29-37)24-21-33-11-7-8-16-40(33)41/h1-31H. The lowest BCUT2D eigenvalue weighted by Gasteiger charge is -2.11. The van der Waals surface area contributed by atoms with Crippen LogP contribution in [0.5, 0.6) is 0 Å². The van der Waals surface area contributed by atoms with Crippen LogP contribution in [0.4, 0.5) is 0 Å². The highest BCUT2D eigenvalue weighted by molar-refractivity contribution is 6.21. The van der Waals surface area contributed by atoms with E-state index >= 15 is 0 Å². The first-order chi connectivity index (χ1) is 27.2. The van der Waals surface area contributed by atoms with Crippen molar-refractivity contribution in [1.82, 2.24) is 15.0 Å². The largest absolute Gasteiger partial charge is 0.454 e. The molecule has 0 fully saturated rings. The Morgan fingerprint density at radius 3 is 1.78 bits per heavy atom. The van der Waals surface area contributed by atoms with Crippen molar-refractivity contribution < 1.29 is 4.42 Å². The molecule has 256 valence electrons. The van der Waals surface area contributed by atoms with Crippen molar-refractivity contribution in [2.24, 2.45) is 0 Å². The van der Waals surface area contributed by atoms with Crippen LogP contribution in [0, 0.1) is 0 Å². The third-order valence-corrected chi connectivity index (χ3v) is 10.7. The van der Waals surface area contributed by atoms with Gasteiger partial charge in [-0.15, -0.1) is 0 Å². The summed E-state index contributed by atoms with van der Waals surface area (Å²) in [6, 6.07) is 65.6. The molecule has 0 aliphatic rings. The van der Waals surface area contributed by atoms with Gasteiger partial charge in [0.05, 0.1) is 16.9 Å². The molecule has 0 unspecified atom stereocenters. The van der Waals surface area contributed by atoms with Gasteiger partial charge < -0.3 is 4.42 Å². The minimum atomic E-state index is 0.678. The van der Waals surface area contributed by atoms with Crippen molar-refractivity contribution in [2.45, 2.75) is 0 Å². The zero-order valence-electron chi connectivity index (χ0n) is 29.6. The molecular formula is C51H31N3O. The van der Waals surface area contributed by atoms with Crippen LogP contribution in [0.2, 0.25) is 0 Å². The topological polar surface area (TPSA) is 51.8 Å². The van der Waals surface area contributed by atoms with Crippen molar-refractivity contribution in [3.05, 3.63) is 188 Å². The highest BCUT2D eigenvalue weighted by atomic mass is 16.3. The molecule has 11 aromatic rings. The lowest BCUT2D eigenvalue weighted by Crippen LogP contribution is -1.96. The zero-order valence-corrected chi connectivity index (χ0v) is 29.6. The third kappa shape index (κ3) is 5.34. The predicted octanol–water partition coefficient (Wildman–Crippen LogP) is 13.6. The molecule has 4 nitrogen and oxygen atoms in total. The van der Waals surface area contributed by atoms with Gasteiger partial charge in [0.25, 0.3) is 0 Å². The van der Waals surface area contributed by atoms with Crippen molar-refractivity contribution in [3.8, 4) is 56.3 Å². The first-order valence-corrected chi connectivity index (χ1v) is 18.5. The van der Waals surface area contributed by atoms with Gasteiger partial charge in [-0.3, -0.25) is 0 Å². The average Bonchev–Trinajstić information content (AvgIpc) is 3.66. The van der Waals surface area contributed by atoms with Gasteiger partial charge in [-0.2, -0.15) is 0 Å². The molecule has 0 saturated carbocycles. The van der Waals surface area contributed by atoms with Gasteiger partial charge in [0.2, 0.25) is 0 Å². The van der Waals surface area contributed by atoms with Crippen LogP contribution in [-0.2, 0) is 0 Å². The summed E-state index contributed by atoms with van der Waals surface area (Å²) in [5.74, 6) is 0.678. The Morgan fingerprint density at radius 2 is 0.964 bits per heavy atom. The summed E-state index contributed by atoms with van der Waals surface area (Å²) in [5.41, 5.74) is 11.4. The molecular weight excluding hydrogens is 671 g/mol. The molecule has 11 rings (SSSR count).